The van der Waals surface area contributed by atoms with Crippen LogP contribution in [0, 0.1) is 5.92 Å². The summed E-state index contributed by atoms with van der Waals surface area (Å²) in [7, 11) is 0. The van der Waals surface area contributed by atoms with Gasteiger partial charge in [-0.3, -0.25) is 4.79 Å². The second-order valence-electron chi connectivity index (χ2n) is 6.04. The number of nitrogens with one attached hydrogen (secondary N) is 2. The zero-order chi connectivity index (χ0) is 17.6. The van der Waals surface area contributed by atoms with E-state index in [4.69, 9.17) is 5.73 Å². The molecule has 1 aliphatic heterocycles. The predicted octanol–water partition coefficient (Wildman–Crippen LogP) is 2.97. The number of amides is 3. The molecule has 1 aliphatic rings. The molecule has 2 aromatic rings. The number of benzene rings is 1. The number of nitrogen functional groups attached to an aromatic ring is 1. The van der Waals surface area contributed by atoms with Crippen LogP contribution < -0.4 is 16.4 Å². The Labute approximate surface area is 158 Å². The topological polar surface area (TPSA) is 100 Å². The van der Waals surface area contributed by atoms with Gasteiger partial charge in [0.15, 0.2) is 0 Å². The number of nitrogens with two attached hydrogens (primary N) is 1. The van der Waals surface area contributed by atoms with Crippen LogP contribution >= 0.6 is 12.4 Å². The molecule has 26 heavy (non-hydrogen) atoms. The third-order valence-corrected chi connectivity index (χ3v) is 4.16. The molecule has 4 N–H and O–H groups in total. The Morgan fingerprint density at radius 3 is 2.54 bits per heavy atom. The Morgan fingerprint density at radius 2 is 1.85 bits per heavy atom. The van der Waals surface area contributed by atoms with E-state index in [9.17, 15) is 9.59 Å². The number of pyridine rings is 1. The maximum absolute atomic E-state index is 12.5. The molecule has 0 aliphatic carbocycles. The summed E-state index contributed by atoms with van der Waals surface area (Å²) in [4.78, 5) is 30.5. The monoisotopic (exact) mass is 375 g/mol. The van der Waals surface area contributed by atoms with E-state index in [-0.39, 0.29) is 30.3 Å². The second-order valence-corrected chi connectivity index (χ2v) is 6.04. The zero-order valence-electron chi connectivity index (χ0n) is 14.2. The molecule has 1 atom stereocenters. The summed E-state index contributed by atoms with van der Waals surface area (Å²) in [5.74, 6) is 0.0519. The van der Waals surface area contributed by atoms with E-state index >= 15 is 0 Å². The van der Waals surface area contributed by atoms with Gasteiger partial charge in [0.25, 0.3) is 0 Å². The molecule has 1 fully saturated rings. The van der Waals surface area contributed by atoms with Gasteiger partial charge in [0.05, 0.1) is 17.8 Å². The van der Waals surface area contributed by atoms with Crippen LogP contribution in [-0.2, 0) is 4.79 Å². The van der Waals surface area contributed by atoms with Gasteiger partial charge in [-0.15, -0.1) is 12.4 Å². The van der Waals surface area contributed by atoms with E-state index in [1.54, 1.807) is 17.0 Å². The van der Waals surface area contributed by atoms with Crippen LogP contribution in [0.4, 0.5) is 22.0 Å². The summed E-state index contributed by atoms with van der Waals surface area (Å²) in [5.41, 5.74) is 6.88. The van der Waals surface area contributed by atoms with E-state index in [0.717, 1.165) is 18.5 Å². The largest absolute Gasteiger partial charge is 0.384 e. The minimum atomic E-state index is -0.243. The summed E-state index contributed by atoms with van der Waals surface area (Å²) < 4.78 is 0. The van der Waals surface area contributed by atoms with Gasteiger partial charge in [-0.1, -0.05) is 18.2 Å². The first-order valence-corrected chi connectivity index (χ1v) is 8.25. The molecule has 3 rings (SSSR count). The highest BCUT2D eigenvalue weighted by atomic mass is 35.5. The fourth-order valence-electron chi connectivity index (χ4n) is 2.82. The average molecular weight is 376 g/mol. The number of carbonyl (C=O) groups excluding carboxylic acids is 2. The predicted molar refractivity (Wildman–Crippen MR) is 104 cm³/mol. The molecule has 1 aromatic carbocycles. The molecular formula is C18H22ClN5O2. The van der Waals surface area contributed by atoms with Gasteiger partial charge in [-0.25, -0.2) is 9.78 Å². The van der Waals surface area contributed by atoms with Gasteiger partial charge in [0, 0.05) is 18.8 Å². The number of aromatic nitrogens is 1. The Balaban J connectivity index is 0.00000243. The first-order valence-electron chi connectivity index (χ1n) is 8.25. The molecule has 1 aromatic heterocycles. The van der Waals surface area contributed by atoms with Gasteiger partial charge in [0.2, 0.25) is 5.91 Å². The number of carbonyl (C=O) groups is 2. The molecule has 8 heteroatoms. The number of anilines is 3. The molecule has 1 saturated heterocycles. The first-order chi connectivity index (χ1) is 12.1. The third kappa shape index (κ3) is 5.10. The van der Waals surface area contributed by atoms with Crippen molar-refractivity contribution < 1.29 is 9.59 Å². The molecule has 0 spiro atoms. The second kappa shape index (κ2) is 9.05. The first kappa shape index (κ1) is 19.5. The zero-order valence-corrected chi connectivity index (χ0v) is 15.0. The number of hydrogen-bond acceptors (Lipinski definition) is 4. The summed E-state index contributed by atoms with van der Waals surface area (Å²) >= 11 is 0. The lowest BCUT2D eigenvalue weighted by atomic mass is 9.97. The van der Waals surface area contributed by atoms with Gasteiger partial charge in [-0.05, 0) is 37.1 Å². The highest BCUT2D eigenvalue weighted by Gasteiger charge is 2.28. The third-order valence-electron chi connectivity index (χ3n) is 4.16. The Kier molecular flexibility index (Phi) is 6.80. The summed E-state index contributed by atoms with van der Waals surface area (Å²) in [6.45, 7) is 1.04. The Bertz CT molecular complexity index is 739. The summed E-state index contributed by atoms with van der Waals surface area (Å²) in [6.07, 6.45) is 3.07. The number of rotatable bonds is 3. The number of urea groups is 1. The minimum absolute atomic E-state index is 0. The van der Waals surface area contributed by atoms with E-state index in [1.165, 1.54) is 6.20 Å². The van der Waals surface area contributed by atoms with Gasteiger partial charge in [-0.2, -0.15) is 0 Å². The Hall–Kier alpha value is -2.80. The Morgan fingerprint density at radius 1 is 1.08 bits per heavy atom. The van der Waals surface area contributed by atoms with Crippen LogP contribution in [0.25, 0.3) is 0 Å². The lowest BCUT2D eigenvalue weighted by molar-refractivity contribution is -0.121. The highest BCUT2D eigenvalue weighted by molar-refractivity contribution is 5.94. The molecule has 138 valence electrons. The lowest BCUT2D eigenvalue weighted by Gasteiger charge is -2.32. The van der Waals surface area contributed by atoms with Crippen molar-refractivity contribution in [1.82, 2.24) is 9.88 Å². The van der Waals surface area contributed by atoms with Crippen LogP contribution in [0.15, 0.2) is 48.7 Å². The van der Waals surface area contributed by atoms with E-state index in [2.05, 4.69) is 15.6 Å². The van der Waals surface area contributed by atoms with Crippen LogP contribution in [-0.4, -0.2) is 34.9 Å². The van der Waals surface area contributed by atoms with Crippen LogP contribution in [0.5, 0.6) is 0 Å². The molecule has 3 amide bonds. The van der Waals surface area contributed by atoms with E-state index in [0.29, 0.717) is 24.6 Å². The van der Waals surface area contributed by atoms with Crippen molar-refractivity contribution in [2.45, 2.75) is 12.8 Å². The van der Waals surface area contributed by atoms with Crippen LogP contribution in [0.2, 0.25) is 0 Å². The molecule has 0 saturated carbocycles. The average Bonchev–Trinajstić information content (AvgIpc) is 2.64. The molecular weight excluding hydrogens is 354 g/mol. The van der Waals surface area contributed by atoms with Crippen molar-refractivity contribution in [3.05, 3.63) is 48.7 Å². The fraction of sp³-hybridized carbons (Fsp3) is 0.278. The summed E-state index contributed by atoms with van der Waals surface area (Å²) in [5, 5.41) is 5.69. The molecule has 1 unspecified atom stereocenters. The molecule has 0 radical (unpaired) electrons. The summed E-state index contributed by atoms with van der Waals surface area (Å²) in [6, 6.07) is 12.5. The number of piperidine rings is 1. The van der Waals surface area contributed by atoms with Gasteiger partial charge < -0.3 is 21.3 Å². The van der Waals surface area contributed by atoms with Crippen LogP contribution in [0.1, 0.15) is 12.8 Å². The maximum atomic E-state index is 12.5. The van der Waals surface area contributed by atoms with E-state index < -0.39 is 0 Å². The van der Waals surface area contributed by atoms with Crippen LogP contribution in [0.3, 0.4) is 0 Å². The fourth-order valence-corrected chi connectivity index (χ4v) is 2.82. The van der Waals surface area contributed by atoms with Gasteiger partial charge >= 0.3 is 6.03 Å². The smallest absolute Gasteiger partial charge is 0.321 e. The van der Waals surface area contributed by atoms with Crippen molar-refractivity contribution in [3.8, 4) is 0 Å². The number of hydrogen-bond donors (Lipinski definition) is 3. The number of halogens is 1. The molecule has 0 bridgehead atoms. The highest BCUT2D eigenvalue weighted by Crippen LogP contribution is 2.20. The molecule has 7 nitrogen and oxygen atoms in total. The number of likely N-dealkylation sites (tertiary alicyclic amines) is 1. The number of nitrogens with zero attached hydrogens (tertiary/aromatic N) is 2. The van der Waals surface area contributed by atoms with Crippen molar-refractivity contribution >= 4 is 41.5 Å². The molecule has 2 heterocycles. The lowest BCUT2D eigenvalue weighted by Crippen LogP contribution is -2.45. The van der Waals surface area contributed by atoms with E-state index in [1.807, 2.05) is 30.3 Å². The number of para-hydroxylation sites is 1. The van der Waals surface area contributed by atoms with Crippen molar-refractivity contribution in [2.75, 3.05) is 29.5 Å². The van der Waals surface area contributed by atoms with Crippen molar-refractivity contribution in [2.24, 2.45) is 5.92 Å². The SMILES string of the molecule is Cl.Nc1ccc(NC(=O)C2CCCN(C(=O)Nc3ccccc3)C2)cn1. The normalized spacial score (nSPS) is 16.3. The van der Waals surface area contributed by atoms with Gasteiger partial charge in [0.1, 0.15) is 5.82 Å². The van der Waals surface area contributed by atoms with Crippen molar-refractivity contribution in [3.63, 3.8) is 0 Å². The quantitative estimate of drug-likeness (QED) is 0.767. The standard InChI is InChI=1S/C18H21N5O2.ClH/c19-16-9-8-15(11-20-16)21-17(24)13-5-4-10-23(12-13)18(25)22-14-6-2-1-3-7-14;/h1-3,6-9,11,13H,4-5,10,12H2,(H2,19,20)(H,21,24)(H,22,25);1H. The maximum Gasteiger partial charge on any atom is 0.321 e. The minimum Gasteiger partial charge on any atom is -0.384 e. The van der Waals surface area contributed by atoms with Crippen molar-refractivity contribution in [1.29, 1.82) is 0 Å².